The summed E-state index contributed by atoms with van der Waals surface area (Å²) in [7, 11) is 0. The van der Waals surface area contributed by atoms with Gasteiger partial charge in [-0.15, -0.1) is 0 Å². The fourth-order valence-electron chi connectivity index (χ4n) is 3.92. The zero-order valence-corrected chi connectivity index (χ0v) is 25.9. The lowest BCUT2D eigenvalue weighted by atomic mass is 10.1. The molecule has 0 fully saturated rings. The highest BCUT2D eigenvalue weighted by molar-refractivity contribution is 6.03. The molecule has 0 spiro atoms. The van der Waals surface area contributed by atoms with E-state index in [1.807, 2.05) is 13.8 Å². The van der Waals surface area contributed by atoms with Crippen molar-refractivity contribution in [3.63, 3.8) is 0 Å². The fourth-order valence-corrected chi connectivity index (χ4v) is 3.92. The second kappa shape index (κ2) is 20.8. The number of rotatable bonds is 24. The molecule has 230 valence electrons. The van der Waals surface area contributed by atoms with Crippen molar-refractivity contribution in [2.45, 2.75) is 131 Å². The van der Waals surface area contributed by atoms with Gasteiger partial charge in [0.15, 0.2) is 0 Å². The Kier molecular flexibility index (Phi) is 18.7. The molecule has 40 heavy (non-hydrogen) atoms. The third kappa shape index (κ3) is 12.7. The molecule has 1 rings (SSSR count). The molecule has 8 heteroatoms. The number of ether oxygens (including phenoxy) is 6. The van der Waals surface area contributed by atoms with E-state index in [9.17, 15) is 9.59 Å². The van der Waals surface area contributed by atoms with Crippen LogP contribution in [0.3, 0.4) is 0 Å². The summed E-state index contributed by atoms with van der Waals surface area (Å²) in [6.07, 6.45) is 9.04. The lowest BCUT2D eigenvalue weighted by Crippen LogP contribution is -2.43. The summed E-state index contributed by atoms with van der Waals surface area (Å²) in [6, 6.07) is 6.45. The molecule has 0 amide bonds. The van der Waals surface area contributed by atoms with Crippen molar-refractivity contribution in [3.05, 3.63) is 35.4 Å². The van der Waals surface area contributed by atoms with E-state index in [1.165, 1.54) is 0 Å². The molecule has 0 saturated heterocycles. The van der Waals surface area contributed by atoms with E-state index in [0.29, 0.717) is 52.1 Å². The van der Waals surface area contributed by atoms with Crippen LogP contribution in [0.25, 0.3) is 0 Å². The third-order valence-electron chi connectivity index (χ3n) is 6.26. The number of benzene rings is 1. The maximum absolute atomic E-state index is 13.6. The minimum Gasteiger partial charge on any atom is -0.404 e. The van der Waals surface area contributed by atoms with Crippen molar-refractivity contribution < 1.29 is 38.0 Å². The highest BCUT2D eigenvalue weighted by Crippen LogP contribution is 2.29. The molecular weight excluding hydrogens is 512 g/mol. The molecule has 0 atom stereocenters. The van der Waals surface area contributed by atoms with Crippen molar-refractivity contribution in [1.82, 2.24) is 0 Å². The Balaban J connectivity index is 3.29. The van der Waals surface area contributed by atoms with E-state index in [4.69, 9.17) is 28.4 Å². The Morgan fingerprint density at radius 1 is 0.525 bits per heavy atom. The van der Waals surface area contributed by atoms with Gasteiger partial charge < -0.3 is 28.4 Å². The van der Waals surface area contributed by atoms with E-state index in [0.717, 1.165) is 51.4 Å². The molecule has 0 aliphatic carbocycles. The molecule has 1 aromatic carbocycles. The van der Waals surface area contributed by atoms with E-state index in [2.05, 4.69) is 27.7 Å². The van der Waals surface area contributed by atoms with Gasteiger partial charge in [0.2, 0.25) is 0 Å². The fraction of sp³-hybridized carbons (Fsp3) is 0.750. The van der Waals surface area contributed by atoms with Crippen LogP contribution >= 0.6 is 0 Å². The summed E-state index contributed by atoms with van der Waals surface area (Å²) in [6.45, 7) is 13.8. The summed E-state index contributed by atoms with van der Waals surface area (Å²) < 4.78 is 36.1. The SMILES string of the molecule is CCCCOC(CCC)(OCCCC)OC(=O)c1ccccc1C(=O)OC(CCC)(OCCCC)OCCCC. The van der Waals surface area contributed by atoms with E-state index in [1.54, 1.807) is 24.3 Å². The second-order valence-electron chi connectivity index (χ2n) is 10.00. The molecule has 8 nitrogen and oxygen atoms in total. The van der Waals surface area contributed by atoms with Crippen LogP contribution in [0.1, 0.15) is 139 Å². The average Bonchev–Trinajstić information content (AvgIpc) is 2.94. The lowest BCUT2D eigenvalue weighted by Gasteiger charge is -2.33. The highest BCUT2D eigenvalue weighted by Gasteiger charge is 2.40. The molecule has 0 aromatic heterocycles. The van der Waals surface area contributed by atoms with Crippen LogP contribution in [0.15, 0.2) is 24.3 Å². The number of unbranched alkanes of at least 4 members (excludes halogenated alkanes) is 4. The molecule has 0 unspecified atom stereocenters. The maximum atomic E-state index is 13.6. The van der Waals surface area contributed by atoms with Gasteiger partial charge in [0, 0.05) is 12.8 Å². The van der Waals surface area contributed by atoms with Gasteiger partial charge in [-0.05, 0) is 50.7 Å². The maximum Gasteiger partial charge on any atom is 0.343 e. The van der Waals surface area contributed by atoms with Gasteiger partial charge in [0.05, 0.1) is 37.6 Å². The summed E-state index contributed by atoms with van der Waals surface area (Å²) in [5.41, 5.74) is 0.136. The Bertz CT molecular complexity index is 738. The zero-order chi connectivity index (χ0) is 29.7. The van der Waals surface area contributed by atoms with Crippen LogP contribution in [0.2, 0.25) is 0 Å². The van der Waals surface area contributed by atoms with Crippen LogP contribution < -0.4 is 0 Å². The monoisotopic (exact) mass is 566 g/mol. The van der Waals surface area contributed by atoms with Gasteiger partial charge in [-0.3, -0.25) is 0 Å². The Hall–Kier alpha value is -2.00. The summed E-state index contributed by atoms with van der Waals surface area (Å²) in [5.74, 6) is -4.47. The van der Waals surface area contributed by atoms with Gasteiger partial charge in [-0.1, -0.05) is 79.4 Å². The normalized spacial score (nSPS) is 11.9. The van der Waals surface area contributed by atoms with Crippen LogP contribution in [-0.4, -0.2) is 50.3 Å². The molecule has 0 bridgehead atoms. The van der Waals surface area contributed by atoms with Gasteiger partial charge in [0.1, 0.15) is 0 Å². The van der Waals surface area contributed by atoms with Crippen molar-refractivity contribution in [2.24, 2.45) is 0 Å². The Labute approximate surface area is 242 Å². The number of carbonyl (C=O) groups is 2. The van der Waals surface area contributed by atoms with Crippen molar-refractivity contribution in [3.8, 4) is 0 Å². The standard InChI is InChI=1S/C32H54O8/c1-7-13-23-35-31(21-11-5,36-24-14-8-2)39-29(33)27-19-17-18-20-28(27)30(34)40-32(22-12-6,37-25-15-9-3)38-26-16-10-4/h17-20H,7-16,21-26H2,1-6H3. The second-order valence-corrected chi connectivity index (χ2v) is 10.00. The topological polar surface area (TPSA) is 89.5 Å². The third-order valence-corrected chi connectivity index (χ3v) is 6.26. The molecule has 0 radical (unpaired) electrons. The number of esters is 2. The number of carbonyl (C=O) groups excluding carboxylic acids is 2. The molecule has 0 heterocycles. The van der Waals surface area contributed by atoms with Crippen LogP contribution in [-0.2, 0) is 28.4 Å². The van der Waals surface area contributed by atoms with Crippen molar-refractivity contribution in [1.29, 1.82) is 0 Å². The summed E-state index contributed by atoms with van der Waals surface area (Å²) in [4.78, 5) is 27.2. The van der Waals surface area contributed by atoms with Crippen LogP contribution in [0.4, 0.5) is 0 Å². The van der Waals surface area contributed by atoms with Gasteiger partial charge in [0.25, 0.3) is 0 Å². The predicted octanol–water partition coefficient (Wildman–Crippen LogP) is 8.17. The van der Waals surface area contributed by atoms with Crippen LogP contribution in [0.5, 0.6) is 0 Å². The van der Waals surface area contributed by atoms with Gasteiger partial charge in [-0.2, -0.15) is 0 Å². The average molecular weight is 567 g/mol. The molecule has 0 aliphatic heterocycles. The molecule has 0 aliphatic rings. The number of hydrogen-bond acceptors (Lipinski definition) is 8. The Morgan fingerprint density at radius 3 is 1.07 bits per heavy atom. The first-order valence-corrected chi connectivity index (χ1v) is 15.5. The van der Waals surface area contributed by atoms with Gasteiger partial charge in [-0.25, -0.2) is 9.59 Å². The van der Waals surface area contributed by atoms with Crippen LogP contribution in [0, 0.1) is 0 Å². The lowest BCUT2D eigenvalue weighted by molar-refractivity contribution is -0.360. The van der Waals surface area contributed by atoms with Gasteiger partial charge >= 0.3 is 23.9 Å². The first-order chi connectivity index (χ1) is 19.4. The Morgan fingerprint density at radius 2 is 0.825 bits per heavy atom. The largest absolute Gasteiger partial charge is 0.404 e. The summed E-state index contributed by atoms with van der Waals surface area (Å²) >= 11 is 0. The molecule has 0 N–H and O–H groups in total. The van der Waals surface area contributed by atoms with Crippen molar-refractivity contribution >= 4 is 11.9 Å². The van der Waals surface area contributed by atoms with E-state index >= 15 is 0 Å². The molecular formula is C32H54O8. The first-order valence-electron chi connectivity index (χ1n) is 15.5. The molecule has 0 saturated carbocycles. The molecule has 1 aromatic rings. The smallest absolute Gasteiger partial charge is 0.343 e. The highest BCUT2D eigenvalue weighted by atomic mass is 16.9. The van der Waals surface area contributed by atoms with E-state index < -0.39 is 23.9 Å². The minimum absolute atomic E-state index is 0.0682. The minimum atomic E-state index is -1.52. The number of hydrogen-bond donors (Lipinski definition) is 0. The van der Waals surface area contributed by atoms with E-state index in [-0.39, 0.29) is 11.1 Å². The summed E-state index contributed by atoms with van der Waals surface area (Å²) in [5, 5.41) is 0. The van der Waals surface area contributed by atoms with Crippen molar-refractivity contribution in [2.75, 3.05) is 26.4 Å². The zero-order valence-electron chi connectivity index (χ0n) is 25.9. The first kappa shape index (κ1) is 36.0. The quantitative estimate of drug-likeness (QED) is 0.0703. The predicted molar refractivity (Wildman–Crippen MR) is 156 cm³/mol.